The molecule has 0 aromatic carbocycles. The second kappa shape index (κ2) is 7.11. The molecule has 92 valence electrons. The number of nitrogens with one attached hydrogen (secondary N) is 2. The van der Waals surface area contributed by atoms with Crippen molar-refractivity contribution in [2.24, 2.45) is 5.92 Å². The molecule has 0 saturated heterocycles. The molecule has 2 atom stereocenters. The summed E-state index contributed by atoms with van der Waals surface area (Å²) < 4.78 is 0. The highest BCUT2D eigenvalue weighted by molar-refractivity contribution is 6.29. The van der Waals surface area contributed by atoms with Gasteiger partial charge < -0.3 is 15.7 Å². The summed E-state index contributed by atoms with van der Waals surface area (Å²) in [5.74, 6) is -1.18. The van der Waals surface area contributed by atoms with E-state index in [-0.39, 0.29) is 17.5 Å². The number of halogens is 1. The summed E-state index contributed by atoms with van der Waals surface area (Å²) in [5.41, 5.74) is 0. The van der Waals surface area contributed by atoms with Gasteiger partial charge in [-0.1, -0.05) is 38.4 Å². The highest BCUT2D eigenvalue weighted by atomic mass is 35.5. The van der Waals surface area contributed by atoms with E-state index in [1.807, 2.05) is 6.92 Å². The van der Waals surface area contributed by atoms with Crippen molar-refractivity contribution in [1.29, 1.82) is 0 Å². The topological polar surface area (TPSA) is 78.4 Å². The molecule has 2 amide bonds. The van der Waals surface area contributed by atoms with Gasteiger partial charge in [-0.25, -0.2) is 9.59 Å². The van der Waals surface area contributed by atoms with E-state index in [0.717, 1.165) is 0 Å². The van der Waals surface area contributed by atoms with Crippen molar-refractivity contribution < 1.29 is 14.7 Å². The zero-order valence-electron chi connectivity index (χ0n) is 9.42. The van der Waals surface area contributed by atoms with Gasteiger partial charge in [-0.05, 0) is 5.92 Å². The van der Waals surface area contributed by atoms with E-state index in [9.17, 15) is 9.59 Å². The van der Waals surface area contributed by atoms with Gasteiger partial charge in [-0.15, -0.1) is 0 Å². The van der Waals surface area contributed by atoms with Crippen molar-refractivity contribution in [2.75, 3.05) is 6.54 Å². The zero-order chi connectivity index (χ0) is 12.7. The molecule has 0 rings (SSSR count). The fraction of sp³-hybridized carbons (Fsp3) is 0.600. The zero-order valence-corrected chi connectivity index (χ0v) is 10.2. The third kappa shape index (κ3) is 5.60. The second-order valence-corrected chi connectivity index (χ2v) is 4.08. The van der Waals surface area contributed by atoms with Crippen LogP contribution in [0.3, 0.4) is 0 Å². The van der Waals surface area contributed by atoms with Crippen molar-refractivity contribution in [1.82, 2.24) is 10.6 Å². The van der Waals surface area contributed by atoms with Crippen LogP contribution in [0.15, 0.2) is 11.6 Å². The molecule has 0 saturated carbocycles. The molecule has 0 aromatic heterocycles. The van der Waals surface area contributed by atoms with Gasteiger partial charge in [-0.3, -0.25) is 0 Å². The molecular formula is C10H17ClN2O3. The largest absolute Gasteiger partial charge is 0.480 e. The predicted molar refractivity (Wildman–Crippen MR) is 62.4 cm³/mol. The molecule has 0 bridgehead atoms. The third-order valence-corrected chi connectivity index (χ3v) is 2.34. The van der Waals surface area contributed by atoms with Crippen LogP contribution in [0.5, 0.6) is 0 Å². The van der Waals surface area contributed by atoms with Gasteiger partial charge >= 0.3 is 12.0 Å². The third-order valence-electron chi connectivity index (χ3n) is 2.21. The first-order chi connectivity index (χ1) is 7.38. The summed E-state index contributed by atoms with van der Waals surface area (Å²) in [6, 6.07) is -1.46. The molecule has 5 nitrogen and oxygen atoms in total. The Hall–Kier alpha value is -1.23. The monoisotopic (exact) mass is 248 g/mol. The Kier molecular flexibility index (Phi) is 6.56. The Bertz CT molecular complexity index is 281. The minimum Gasteiger partial charge on any atom is -0.480 e. The van der Waals surface area contributed by atoms with Gasteiger partial charge in [0.2, 0.25) is 0 Å². The van der Waals surface area contributed by atoms with Crippen molar-refractivity contribution in [3.8, 4) is 0 Å². The minimum absolute atomic E-state index is 0.111. The van der Waals surface area contributed by atoms with Gasteiger partial charge in [0.1, 0.15) is 6.04 Å². The van der Waals surface area contributed by atoms with Crippen LogP contribution < -0.4 is 10.6 Å². The van der Waals surface area contributed by atoms with E-state index in [1.165, 1.54) is 0 Å². The van der Waals surface area contributed by atoms with E-state index >= 15 is 0 Å². The average Bonchev–Trinajstić information content (AvgIpc) is 2.21. The molecule has 0 aromatic rings. The Morgan fingerprint density at radius 2 is 2.06 bits per heavy atom. The Balaban J connectivity index is 4.24. The number of hydrogen-bond acceptors (Lipinski definition) is 2. The predicted octanol–water partition coefficient (Wildman–Crippen LogP) is 1.54. The normalized spacial score (nSPS) is 13.7. The summed E-state index contributed by atoms with van der Waals surface area (Å²) >= 11 is 5.46. The van der Waals surface area contributed by atoms with Crippen LogP contribution in [0.1, 0.15) is 20.3 Å². The van der Waals surface area contributed by atoms with Gasteiger partial charge in [0.05, 0.1) is 6.54 Å². The van der Waals surface area contributed by atoms with Gasteiger partial charge in [0.15, 0.2) is 0 Å². The first-order valence-corrected chi connectivity index (χ1v) is 5.36. The lowest BCUT2D eigenvalue weighted by atomic mass is 9.99. The quantitative estimate of drug-likeness (QED) is 0.667. The number of hydrogen-bond donors (Lipinski definition) is 3. The molecule has 3 N–H and O–H groups in total. The number of carboxylic acids is 1. The number of carbonyl (C=O) groups excluding carboxylic acids is 1. The van der Waals surface area contributed by atoms with E-state index in [1.54, 1.807) is 6.92 Å². The number of aliphatic carboxylic acids is 1. The lowest BCUT2D eigenvalue weighted by Crippen LogP contribution is -2.49. The molecular weight excluding hydrogens is 232 g/mol. The molecule has 0 aliphatic rings. The first-order valence-electron chi connectivity index (χ1n) is 4.98. The van der Waals surface area contributed by atoms with Crippen LogP contribution in [0.25, 0.3) is 0 Å². The number of amides is 2. The van der Waals surface area contributed by atoms with E-state index in [4.69, 9.17) is 16.7 Å². The highest BCUT2D eigenvalue weighted by Crippen LogP contribution is 2.07. The van der Waals surface area contributed by atoms with Crippen LogP contribution in [0, 0.1) is 5.92 Å². The summed E-state index contributed by atoms with van der Waals surface area (Å²) in [6.45, 7) is 7.14. The molecule has 16 heavy (non-hydrogen) atoms. The fourth-order valence-corrected chi connectivity index (χ4v) is 1.12. The molecule has 0 aliphatic carbocycles. The molecule has 0 aliphatic heterocycles. The number of rotatable bonds is 6. The maximum atomic E-state index is 11.3. The Morgan fingerprint density at radius 3 is 2.44 bits per heavy atom. The van der Waals surface area contributed by atoms with E-state index < -0.39 is 18.0 Å². The number of carbonyl (C=O) groups is 2. The van der Waals surface area contributed by atoms with Crippen LogP contribution >= 0.6 is 11.6 Å². The molecule has 0 radical (unpaired) electrons. The summed E-state index contributed by atoms with van der Waals surface area (Å²) in [6.07, 6.45) is 0.666. The van der Waals surface area contributed by atoms with Crippen molar-refractivity contribution in [3.05, 3.63) is 11.6 Å². The lowest BCUT2D eigenvalue weighted by Gasteiger charge is -2.20. The fourth-order valence-electron chi connectivity index (χ4n) is 1.05. The SMILES string of the molecule is C=C(Cl)CNC(=O)N[C@H](C(=O)O)[C@@H](C)CC. The van der Waals surface area contributed by atoms with Crippen molar-refractivity contribution in [2.45, 2.75) is 26.3 Å². The molecule has 0 unspecified atom stereocenters. The lowest BCUT2D eigenvalue weighted by molar-refractivity contribution is -0.140. The maximum Gasteiger partial charge on any atom is 0.326 e. The highest BCUT2D eigenvalue weighted by Gasteiger charge is 2.24. The Labute approximate surface area is 99.9 Å². The first kappa shape index (κ1) is 14.8. The molecule has 0 heterocycles. The van der Waals surface area contributed by atoms with E-state index in [2.05, 4.69) is 17.2 Å². The molecule has 0 fully saturated rings. The molecule has 0 spiro atoms. The summed E-state index contributed by atoms with van der Waals surface area (Å²) in [5, 5.41) is 14.0. The number of carboxylic acid groups (broad SMARTS) is 1. The summed E-state index contributed by atoms with van der Waals surface area (Å²) in [7, 11) is 0. The maximum absolute atomic E-state index is 11.3. The van der Waals surface area contributed by atoms with Gasteiger partial charge in [0.25, 0.3) is 0 Å². The van der Waals surface area contributed by atoms with Crippen LogP contribution in [0.4, 0.5) is 4.79 Å². The smallest absolute Gasteiger partial charge is 0.326 e. The van der Waals surface area contributed by atoms with Crippen LogP contribution in [-0.2, 0) is 4.79 Å². The second-order valence-electron chi connectivity index (χ2n) is 3.55. The standard InChI is InChI=1S/C10H17ClN2O3/c1-4-6(2)8(9(14)15)13-10(16)12-5-7(3)11/h6,8H,3-5H2,1-2H3,(H,14,15)(H2,12,13,16)/t6-,8-/m0/s1. The van der Waals surface area contributed by atoms with Crippen molar-refractivity contribution >= 4 is 23.6 Å². The number of urea groups is 1. The summed E-state index contributed by atoms with van der Waals surface area (Å²) in [4.78, 5) is 22.2. The van der Waals surface area contributed by atoms with E-state index in [0.29, 0.717) is 6.42 Å². The van der Waals surface area contributed by atoms with Crippen LogP contribution in [-0.4, -0.2) is 29.7 Å². The van der Waals surface area contributed by atoms with Gasteiger partial charge in [0, 0.05) is 5.03 Å². The Morgan fingerprint density at radius 1 is 1.50 bits per heavy atom. The molecule has 6 heteroatoms. The van der Waals surface area contributed by atoms with Gasteiger partial charge in [-0.2, -0.15) is 0 Å². The van der Waals surface area contributed by atoms with Crippen LogP contribution in [0.2, 0.25) is 0 Å². The average molecular weight is 249 g/mol. The minimum atomic E-state index is -1.05. The van der Waals surface area contributed by atoms with Crippen molar-refractivity contribution in [3.63, 3.8) is 0 Å².